The number of benzene rings is 2. The summed E-state index contributed by atoms with van der Waals surface area (Å²) in [4.78, 5) is 24.2. The summed E-state index contributed by atoms with van der Waals surface area (Å²) in [5.41, 5.74) is 1.83. The molecule has 0 aliphatic rings. The molecule has 0 aliphatic heterocycles. The van der Waals surface area contributed by atoms with Crippen molar-refractivity contribution in [3.05, 3.63) is 80.7 Å². The highest BCUT2D eigenvalue weighted by Gasteiger charge is 2.14. The van der Waals surface area contributed by atoms with Gasteiger partial charge in [-0.25, -0.2) is 4.79 Å². The van der Waals surface area contributed by atoms with E-state index in [2.05, 4.69) is 0 Å². The molecule has 23 heavy (non-hydrogen) atoms. The molecule has 1 heterocycles. The Bertz CT molecular complexity index is 926. The quantitative estimate of drug-likeness (QED) is 0.679. The van der Waals surface area contributed by atoms with Crippen LogP contribution in [-0.2, 0) is 11.3 Å². The number of carbonyl (C=O) groups is 1. The molecular weight excluding hydrogens is 316 g/mol. The third kappa shape index (κ3) is 3.43. The number of halogens is 1. The van der Waals surface area contributed by atoms with Gasteiger partial charge in [0.1, 0.15) is 12.2 Å². The maximum atomic E-state index is 12.1. The Hall–Kier alpha value is -2.59. The summed E-state index contributed by atoms with van der Waals surface area (Å²) in [6, 6.07) is 13.3. The van der Waals surface area contributed by atoms with E-state index in [4.69, 9.17) is 20.8 Å². The van der Waals surface area contributed by atoms with Crippen LogP contribution in [0.1, 0.15) is 21.7 Å². The van der Waals surface area contributed by atoms with Crippen molar-refractivity contribution in [2.24, 2.45) is 0 Å². The molecule has 0 saturated carbocycles. The van der Waals surface area contributed by atoms with Crippen LogP contribution in [-0.4, -0.2) is 5.97 Å². The predicted molar refractivity (Wildman–Crippen MR) is 87.8 cm³/mol. The van der Waals surface area contributed by atoms with Crippen LogP contribution in [0.25, 0.3) is 11.0 Å². The van der Waals surface area contributed by atoms with E-state index in [0.717, 1.165) is 17.2 Å². The first-order chi connectivity index (χ1) is 11.0. The summed E-state index contributed by atoms with van der Waals surface area (Å²) in [7, 11) is 0. The third-order valence-electron chi connectivity index (χ3n) is 3.37. The Balaban J connectivity index is 1.82. The molecule has 0 atom stereocenters. The molecule has 0 amide bonds. The molecule has 0 N–H and O–H groups in total. The zero-order valence-electron chi connectivity index (χ0n) is 12.3. The Kier molecular flexibility index (Phi) is 4.17. The lowest BCUT2D eigenvalue weighted by Crippen LogP contribution is -2.10. The molecule has 2 aromatic carbocycles. The van der Waals surface area contributed by atoms with E-state index in [1.165, 1.54) is 0 Å². The van der Waals surface area contributed by atoms with Crippen LogP contribution in [0.5, 0.6) is 0 Å². The summed E-state index contributed by atoms with van der Waals surface area (Å²) in [5, 5.41) is 1.05. The third-order valence-corrected chi connectivity index (χ3v) is 3.62. The molecule has 0 unspecified atom stereocenters. The first kappa shape index (κ1) is 15.3. The standard InChI is InChI=1S/C18H13ClO4/c1-11-2-7-16-14(8-11)15(20)9-17(23-16)18(21)22-10-12-3-5-13(19)6-4-12/h2-9H,10H2,1H3. The minimum absolute atomic E-state index is 0.0750. The fourth-order valence-corrected chi connectivity index (χ4v) is 2.30. The number of fused-ring (bicyclic) bond motifs is 1. The molecule has 3 aromatic rings. The molecule has 0 saturated heterocycles. The van der Waals surface area contributed by atoms with Crippen LogP contribution >= 0.6 is 11.6 Å². The van der Waals surface area contributed by atoms with Crippen LogP contribution in [0.3, 0.4) is 0 Å². The van der Waals surface area contributed by atoms with E-state index >= 15 is 0 Å². The summed E-state index contributed by atoms with van der Waals surface area (Å²) in [6.45, 7) is 1.96. The molecule has 4 nitrogen and oxygen atoms in total. The van der Waals surface area contributed by atoms with Crippen molar-refractivity contribution in [3.63, 3.8) is 0 Å². The predicted octanol–water partition coefficient (Wildman–Crippen LogP) is 4.11. The molecule has 0 aliphatic carbocycles. The van der Waals surface area contributed by atoms with E-state index < -0.39 is 5.97 Å². The van der Waals surface area contributed by atoms with Crippen LogP contribution < -0.4 is 5.43 Å². The van der Waals surface area contributed by atoms with Crippen LogP contribution in [0.4, 0.5) is 0 Å². The van der Waals surface area contributed by atoms with E-state index in [1.54, 1.807) is 36.4 Å². The molecule has 0 fully saturated rings. The molecule has 0 radical (unpaired) electrons. The van der Waals surface area contributed by atoms with Crippen LogP contribution in [0.2, 0.25) is 5.02 Å². The minimum Gasteiger partial charge on any atom is -0.455 e. The summed E-state index contributed by atoms with van der Waals surface area (Å²) < 4.78 is 10.6. The second-order valence-corrected chi connectivity index (χ2v) is 5.61. The first-order valence-electron chi connectivity index (χ1n) is 6.99. The molecule has 0 spiro atoms. The lowest BCUT2D eigenvalue weighted by Gasteiger charge is -2.05. The van der Waals surface area contributed by atoms with Crippen molar-refractivity contribution in [2.45, 2.75) is 13.5 Å². The SMILES string of the molecule is Cc1ccc2oc(C(=O)OCc3ccc(Cl)cc3)cc(=O)c2c1. The maximum absolute atomic E-state index is 12.1. The summed E-state index contributed by atoms with van der Waals surface area (Å²) in [6.07, 6.45) is 0. The average Bonchev–Trinajstić information content (AvgIpc) is 2.54. The monoisotopic (exact) mass is 328 g/mol. The first-order valence-corrected chi connectivity index (χ1v) is 7.37. The van der Waals surface area contributed by atoms with Crippen molar-refractivity contribution < 1.29 is 13.9 Å². The highest BCUT2D eigenvalue weighted by atomic mass is 35.5. The van der Waals surface area contributed by atoms with Gasteiger partial charge in [-0.3, -0.25) is 4.79 Å². The van der Waals surface area contributed by atoms with Gasteiger partial charge in [-0.15, -0.1) is 0 Å². The number of ether oxygens (including phenoxy) is 1. The molecule has 1 aromatic heterocycles. The van der Waals surface area contributed by atoms with Crippen LogP contribution in [0, 0.1) is 6.92 Å². The number of carbonyl (C=O) groups excluding carboxylic acids is 1. The lowest BCUT2D eigenvalue weighted by molar-refractivity contribution is 0.0436. The Labute approximate surface area is 137 Å². The van der Waals surface area contributed by atoms with Crippen molar-refractivity contribution in [1.29, 1.82) is 0 Å². The Morgan fingerprint density at radius 2 is 1.87 bits per heavy atom. The van der Waals surface area contributed by atoms with Crippen molar-refractivity contribution >= 4 is 28.5 Å². The van der Waals surface area contributed by atoms with Gasteiger partial charge in [-0.1, -0.05) is 35.4 Å². The van der Waals surface area contributed by atoms with Gasteiger partial charge >= 0.3 is 5.97 Å². The number of esters is 1. The second-order valence-electron chi connectivity index (χ2n) is 5.18. The van der Waals surface area contributed by atoms with E-state index in [9.17, 15) is 9.59 Å². The number of rotatable bonds is 3. The van der Waals surface area contributed by atoms with Crippen molar-refractivity contribution in [1.82, 2.24) is 0 Å². The van der Waals surface area contributed by atoms with Gasteiger partial charge in [-0.2, -0.15) is 0 Å². The second kappa shape index (κ2) is 6.26. The van der Waals surface area contributed by atoms with Gasteiger partial charge in [0, 0.05) is 11.1 Å². The van der Waals surface area contributed by atoms with Gasteiger partial charge < -0.3 is 9.15 Å². The number of hydrogen-bond donors (Lipinski definition) is 0. The highest BCUT2D eigenvalue weighted by molar-refractivity contribution is 6.30. The lowest BCUT2D eigenvalue weighted by atomic mass is 10.1. The molecule has 116 valence electrons. The average molecular weight is 329 g/mol. The Morgan fingerprint density at radius 3 is 2.61 bits per heavy atom. The zero-order valence-corrected chi connectivity index (χ0v) is 13.1. The van der Waals surface area contributed by atoms with Gasteiger partial charge in [0.2, 0.25) is 5.76 Å². The van der Waals surface area contributed by atoms with Gasteiger partial charge in [0.05, 0.1) is 5.39 Å². The fraction of sp³-hybridized carbons (Fsp3) is 0.111. The topological polar surface area (TPSA) is 56.5 Å². The van der Waals surface area contributed by atoms with E-state index in [-0.39, 0.29) is 17.8 Å². The molecule has 0 bridgehead atoms. The van der Waals surface area contributed by atoms with Crippen molar-refractivity contribution in [2.75, 3.05) is 0 Å². The van der Waals surface area contributed by atoms with E-state index in [1.807, 2.05) is 13.0 Å². The maximum Gasteiger partial charge on any atom is 0.374 e. The largest absolute Gasteiger partial charge is 0.455 e. The zero-order chi connectivity index (χ0) is 16.4. The molecule has 5 heteroatoms. The van der Waals surface area contributed by atoms with Gasteiger partial charge in [0.25, 0.3) is 0 Å². The van der Waals surface area contributed by atoms with Crippen molar-refractivity contribution in [3.8, 4) is 0 Å². The highest BCUT2D eigenvalue weighted by Crippen LogP contribution is 2.16. The van der Waals surface area contributed by atoms with E-state index in [0.29, 0.717) is 16.0 Å². The molecular formula is C18H13ClO4. The Morgan fingerprint density at radius 1 is 1.13 bits per heavy atom. The van der Waals surface area contributed by atoms with Crippen LogP contribution in [0.15, 0.2) is 57.7 Å². The van der Waals surface area contributed by atoms with Gasteiger partial charge in [-0.05, 0) is 36.8 Å². The summed E-state index contributed by atoms with van der Waals surface area (Å²) in [5.74, 6) is -0.792. The van der Waals surface area contributed by atoms with Gasteiger partial charge in [0.15, 0.2) is 5.43 Å². The molecule has 3 rings (SSSR count). The number of hydrogen-bond acceptors (Lipinski definition) is 4. The smallest absolute Gasteiger partial charge is 0.374 e. The normalized spacial score (nSPS) is 10.7. The minimum atomic E-state index is -0.681. The fourth-order valence-electron chi connectivity index (χ4n) is 2.17. The number of aryl methyl sites for hydroxylation is 1. The summed E-state index contributed by atoms with van der Waals surface area (Å²) >= 11 is 5.80.